The Morgan fingerprint density at radius 2 is 1.82 bits per heavy atom. The molecule has 0 aromatic rings. The van der Waals surface area contributed by atoms with Crippen molar-refractivity contribution in [2.45, 2.75) is 38.2 Å². The molecule has 2 aliphatic rings. The number of rotatable bonds is 3. The van der Waals surface area contributed by atoms with E-state index in [2.05, 4.69) is 10.2 Å². The number of aliphatic hydroxyl groups is 1. The highest BCUT2D eigenvalue weighted by atomic mass is 35.5. The maximum Gasteiger partial charge on any atom is 0.0564 e. The van der Waals surface area contributed by atoms with Crippen LogP contribution >= 0.6 is 24.8 Å². The van der Waals surface area contributed by atoms with Crippen molar-refractivity contribution in [2.24, 2.45) is 5.92 Å². The topological polar surface area (TPSA) is 35.5 Å². The zero-order valence-corrected chi connectivity index (χ0v) is 12.1. The zero-order valence-electron chi connectivity index (χ0n) is 10.4. The molecule has 0 saturated carbocycles. The van der Waals surface area contributed by atoms with Crippen LogP contribution in [0.1, 0.15) is 32.1 Å². The molecular weight excluding hydrogens is 259 g/mol. The van der Waals surface area contributed by atoms with Gasteiger partial charge in [-0.2, -0.15) is 0 Å². The Hall–Kier alpha value is 0.460. The molecule has 2 saturated heterocycles. The predicted molar refractivity (Wildman–Crippen MR) is 76.4 cm³/mol. The molecule has 104 valence electrons. The van der Waals surface area contributed by atoms with E-state index in [4.69, 9.17) is 0 Å². The summed E-state index contributed by atoms with van der Waals surface area (Å²) in [5.41, 5.74) is 0. The number of nitrogens with zero attached hydrogens (tertiary/aromatic N) is 1. The molecule has 0 radical (unpaired) electrons. The fourth-order valence-corrected chi connectivity index (χ4v) is 2.68. The molecule has 0 spiro atoms. The average Bonchev–Trinajstić information content (AvgIpc) is 2.30. The normalized spacial score (nSPS) is 27.0. The molecule has 0 aromatic carbocycles. The first-order valence-corrected chi connectivity index (χ1v) is 6.46. The smallest absolute Gasteiger partial charge is 0.0564 e. The summed E-state index contributed by atoms with van der Waals surface area (Å²) in [4.78, 5) is 2.52. The van der Waals surface area contributed by atoms with Crippen LogP contribution in [0, 0.1) is 5.92 Å². The first kappa shape index (κ1) is 17.5. The molecule has 3 nitrogen and oxygen atoms in total. The summed E-state index contributed by atoms with van der Waals surface area (Å²) in [5.74, 6) is 0.894. The molecule has 1 atom stereocenters. The molecule has 0 bridgehead atoms. The fourth-order valence-electron chi connectivity index (χ4n) is 2.68. The van der Waals surface area contributed by atoms with Crippen LogP contribution in [0.15, 0.2) is 0 Å². The highest BCUT2D eigenvalue weighted by molar-refractivity contribution is 5.85. The van der Waals surface area contributed by atoms with Gasteiger partial charge < -0.3 is 15.3 Å². The molecule has 5 heteroatoms. The standard InChI is InChI=1S/C12H24N2O.2ClH/c15-12-4-8-14(9-5-12)7-3-11-2-1-6-13-10-11;;/h11-13,15H,1-10H2;2*1H. The number of aliphatic hydroxyl groups excluding tert-OH is 1. The monoisotopic (exact) mass is 284 g/mol. The minimum absolute atomic E-state index is 0. The van der Waals surface area contributed by atoms with E-state index in [1.807, 2.05) is 0 Å². The molecule has 2 N–H and O–H groups in total. The van der Waals surface area contributed by atoms with Gasteiger partial charge in [0.15, 0.2) is 0 Å². The lowest BCUT2D eigenvalue weighted by Crippen LogP contribution is -2.38. The molecule has 2 fully saturated rings. The fraction of sp³-hybridized carbons (Fsp3) is 1.00. The van der Waals surface area contributed by atoms with Gasteiger partial charge in [0.25, 0.3) is 0 Å². The quantitative estimate of drug-likeness (QED) is 0.828. The van der Waals surface area contributed by atoms with Gasteiger partial charge in [0.05, 0.1) is 6.10 Å². The summed E-state index contributed by atoms with van der Waals surface area (Å²) in [6, 6.07) is 0. The molecule has 2 heterocycles. The summed E-state index contributed by atoms with van der Waals surface area (Å²) >= 11 is 0. The third-order valence-corrected chi connectivity index (χ3v) is 3.81. The van der Waals surface area contributed by atoms with Crippen molar-refractivity contribution < 1.29 is 5.11 Å². The highest BCUT2D eigenvalue weighted by Crippen LogP contribution is 2.16. The minimum atomic E-state index is -0.0300. The Kier molecular flexibility index (Phi) is 9.65. The average molecular weight is 285 g/mol. The van der Waals surface area contributed by atoms with E-state index in [0.717, 1.165) is 31.8 Å². The van der Waals surface area contributed by atoms with Gasteiger partial charge in [0.2, 0.25) is 0 Å². The zero-order chi connectivity index (χ0) is 10.5. The summed E-state index contributed by atoms with van der Waals surface area (Å²) in [6.45, 7) is 5.87. The van der Waals surface area contributed by atoms with Crippen molar-refractivity contribution in [3.8, 4) is 0 Å². The number of halogens is 2. The summed E-state index contributed by atoms with van der Waals surface area (Å²) in [5, 5.41) is 12.9. The van der Waals surface area contributed by atoms with Gasteiger partial charge in [0, 0.05) is 13.1 Å². The molecular formula is C12H26Cl2N2O. The molecule has 0 aromatic heterocycles. The van der Waals surface area contributed by atoms with Crippen LogP contribution in [0.2, 0.25) is 0 Å². The lowest BCUT2D eigenvalue weighted by atomic mass is 9.95. The lowest BCUT2D eigenvalue weighted by Gasteiger charge is -2.31. The number of likely N-dealkylation sites (tertiary alicyclic amines) is 1. The van der Waals surface area contributed by atoms with Crippen molar-refractivity contribution in [3.63, 3.8) is 0 Å². The summed E-state index contributed by atoms with van der Waals surface area (Å²) < 4.78 is 0. The number of hydrogen-bond acceptors (Lipinski definition) is 3. The van der Waals surface area contributed by atoms with Gasteiger partial charge in [-0.1, -0.05) is 0 Å². The Balaban J connectivity index is 0.00000128. The van der Waals surface area contributed by atoms with E-state index in [-0.39, 0.29) is 30.9 Å². The SMILES string of the molecule is Cl.Cl.OC1CCN(CCC2CCCNC2)CC1. The van der Waals surface area contributed by atoms with Gasteiger partial charge >= 0.3 is 0 Å². The third-order valence-electron chi connectivity index (χ3n) is 3.81. The van der Waals surface area contributed by atoms with E-state index >= 15 is 0 Å². The summed E-state index contributed by atoms with van der Waals surface area (Å²) in [6.07, 6.45) is 6.01. The molecule has 2 aliphatic heterocycles. The molecule has 0 amide bonds. The van der Waals surface area contributed by atoms with Gasteiger partial charge in [-0.05, 0) is 57.7 Å². The number of nitrogens with one attached hydrogen (secondary N) is 1. The molecule has 17 heavy (non-hydrogen) atoms. The van der Waals surface area contributed by atoms with Crippen LogP contribution in [-0.4, -0.2) is 48.8 Å². The van der Waals surface area contributed by atoms with Gasteiger partial charge in [-0.15, -0.1) is 24.8 Å². The second-order valence-electron chi connectivity index (χ2n) is 5.07. The molecule has 0 aliphatic carbocycles. The van der Waals surface area contributed by atoms with Crippen molar-refractivity contribution in [3.05, 3.63) is 0 Å². The van der Waals surface area contributed by atoms with Crippen LogP contribution < -0.4 is 5.32 Å². The first-order valence-electron chi connectivity index (χ1n) is 6.46. The maximum atomic E-state index is 9.41. The Bertz CT molecular complexity index is 181. The van der Waals surface area contributed by atoms with E-state index < -0.39 is 0 Å². The van der Waals surface area contributed by atoms with Crippen molar-refractivity contribution in [1.29, 1.82) is 0 Å². The van der Waals surface area contributed by atoms with Crippen LogP contribution in [0.3, 0.4) is 0 Å². The van der Waals surface area contributed by atoms with Crippen molar-refractivity contribution in [1.82, 2.24) is 10.2 Å². The maximum absolute atomic E-state index is 9.41. The van der Waals surface area contributed by atoms with E-state index in [1.165, 1.54) is 38.9 Å². The van der Waals surface area contributed by atoms with Crippen LogP contribution in [0.5, 0.6) is 0 Å². The van der Waals surface area contributed by atoms with E-state index in [9.17, 15) is 5.11 Å². The van der Waals surface area contributed by atoms with Crippen molar-refractivity contribution in [2.75, 3.05) is 32.7 Å². The van der Waals surface area contributed by atoms with Crippen LogP contribution in [-0.2, 0) is 0 Å². The molecule has 2 rings (SSSR count). The van der Waals surface area contributed by atoms with Crippen LogP contribution in [0.25, 0.3) is 0 Å². The molecule has 1 unspecified atom stereocenters. The largest absolute Gasteiger partial charge is 0.393 e. The van der Waals surface area contributed by atoms with Crippen LogP contribution in [0.4, 0.5) is 0 Å². The predicted octanol–water partition coefficient (Wildman–Crippen LogP) is 1.68. The van der Waals surface area contributed by atoms with Gasteiger partial charge in [-0.25, -0.2) is 0 Å². The highest BCUT2D eigenvalue weighted by Gasteiger charge is 2.18. The number of hydrogen-bond donors (Lipinski definition) is 2. The second kappa shape index (κ2) is 9.40. The lowest BCUT2D eigenvalue weighted by molar-refractivity contribution is 0.0790. The second-order valence-corrected chi connectivity index (χ2v) is 5.07. The Labute approximate surface area is 117 Å². The van der Waals surface area contributed by atoms with Crippen molar-refractivity contribution >= 4 is 24.8 Å². The van der Waals surface area contributed by atoms with Gasteiger partial charge in [0.1, 0.15) is 0 Å². The number of piperidine rings is 2. The van der Waals surface area contributed by atoms with E-state index in [1.54, 1.807) is 0 Å². The minimum Gasteiger partial charge on any atom is -0.393 e. The summed E-state index contributed by atoms with van der Waals surface area (Å²) in [7, 11) is 0. The Morgan fingerprint density at radius 1 is 1.12 bits per heavy atom. The van der Waals surface area contributed by atoms with Gasteiger partial charge in [-0.3, -0.25) is 0 Å². The van der Waals surface area contributed by atoms with E-state index in [0.29, 0.717) is 0 Å². The third kappa shape index (κ3) is 6.25. The Morgan fingerprint density at radius 3 is 2.41 bits per heavy atom. The first-order chi connectivity index (χ1) is 7.34.